The average molecular weight is 543 g/mol. The summed E-state index contributed by atoms with van der Waals surface area (Å²) < 4.78 is 11.5. The molecule has 1 aliphatic rings. The molecule has 0 atom stereocenters. The topological polar surface area (TPSA) is 93.7 Å². The smallest absolute Gasteiger partial charge is 0.410 e. The summed E-state index contributed by atoms with van der Waals surface area (Å²) in [7, 11) is 0. The third-order valence-electron chi connectivity index (χ3n) is 6.14. The molecule has 0 fully saturated rings. The van der Waals surface area contributed by atoms with Gasteiger partial charge in [0.15, 0.2) is 5.01 Å². The fraction of sp³-hybridized carbons (Fsp3) is 0.267. The molecule has 1 aromatic heterocycles. The number of aromatic nitrogens is 2. The molecule has 2 heterocycles. The zero-order valence-corrected chi connectivity index (χ0v) is 23.0. The first kappa shape index (κ1) is 26.4. The molecule has 0 unspecified atom stereocenters. The Morgan fingerprint density at radius 3 is 2.54 bits per heavy atom. The van der Waals surface area contributed by atoms with Gasteiger partial charge >= 0.3 is 6.09 Å². The number of benzene rings is 3. The number of hydrogen-bond donors (Lipinski definition) is 1. The zero-order valence-electron chi connectivity index (χ0n) is 22.1. The van der Waals surface area contributed by atoms with Gasteiger partial charge in [0.1, 0.15) is 18.0 Å². The highest BCUT2D eigenvalue weighted by atomic mass is 32.1. The highest BCUT2D eigenvalue weighted by Crippen LogP contribution is 2.30. The molecule has 3 aromatic carbocycles. The summed E-state index contributed by atoms with van der Waals surface area (Å²) in [6.07, 6.45) is 0.329. The Bertz CT molecular complexity index is 1480. The van der Waals surface area contributed by atoms with Gasteiger partial charge in [0, 0.05) is 24.2 Å². The lowest BCUT2D eigenvalue weighted by Gasteiger charge is -2.31. The number of anilines is 1. The van der Waals surface area contributed by atoms with Crippen molar-refractivity contribution in [1.29, 1.82) is 0 Å². The second kappa shape index (κ2) is 11.2. The van der Waals surface area contributed by atoms with Crippen molar-refractivity contribution in [3.05, 3.63) is 94.5 Å². The molecule has 0 bridgehead atoms. The van der Waals surface area contributed by atoms with E-state index >= 15 is 0 Å². The number of carbonyl (C=O) groups excluding carboxylic acids is 2. The molecule has 2 amide bonds. The molecule has 4 aromatic rings. The molecule has 0 spiro atoms. The first-order valence-electron chi connectivity index (χ1n) is 12.8. The number of para-hydroxylation sites is 1. The molecule has 8 nitrogen and oxygen atoms in total. The maximum absolute atomic E-state index is 12.9. The number of amides is 2. The Morgan fingerprint density at radius 2 is 1.74 bits per heavy atom. The average Bonchev–Trinajstić information content (AvgIpc) is 3.38. The first-order valence-corrected chi connectivity index (χ1v) is 13.6. The van der Waals surface area contributed by atoms with Gasteiger partial charge in [-0.25, -0.2) is 4.79 Å². The van der Waals surface area contributed by atoms with Crippen molar-refractivity contribution in [2.45, 2.75) is 45.9 Å². The lowest BCUT2D eigenvalue weighted by atomic mass is 9.97. The Hall–Kier alpha value is -4.24. The molecule has 9 heteroatoms. The van der Waals surface area contributed by atoms with Crippen LogP contribution < -0.4 is 10.1 Å². The number of nitrogens with zero attached hydrogens (tertiary/aromatic N) is 3. The van der Waals surface area contributed by atoms with Gasteiger partial charge in [-0.3, -0.25) is 10.1 Å². The van der Waals surface area contributed by atoms with Gasteiger partial charge in [0.2, 0.25) is 5.13 Å². The summed E-state index contributed by atoms with van der Waals surface area (Å²) in [4.78, 5) is 27.1. The summed E-state index contributed by atoms with van der Waals surface area (Å²) in [5.74, 6) is 0.495. The predicted octanol–water partition coefficient (Wildman–Crippen LogP) is 6.33. The highest BCUT2D eigenvalue weighted by Gasteiger charge is 2.26. The Labute approximate surface area is 231 Å². The van der Waals surface area contributed by atoms with E-state index in [0.29, 0.717) is 35.2 Å². The Balaban J connectivity index is 1.19. The fourth-order valence-electron chi connectivity index (χ4n) is 4.30. The van der Waals surface area contributed by atoms with E-state index < -0.39 is 5.60 Å². The largest absolute Gasteiger partial charge is 0.486 e. The number of ether oxygens (including phenoxy) is 2. The molecule has 1 aliphatic heterocycles. The van der Waals surface area contributed by atoms with Crippen LogP contribution in [0.4, 0.5) is 9.93 Å². The fourth-order valence-corrected chi connectivity index (χ4v) is 4.94. The van der Waals surface area contributed by atoms with Gasteiger partial charge in [-0.15, -0.1) is 10.2 Å². The number of carbonyl (C=O) groups is 2. The predicted molar refractivity (Wildman–Crippen MR) is 151 cm³/mol. The number of rotatable bonds is 6. The van der Waals surface area contributed by atoms with E-state index in [4.69, 9.17) is 9.47 Å². The van der Waals surface area contributed by atoms with E-state index in [9.17, 15) is 9.59 Å². The van der Waals surface area contributed by atoms with E-state index in [2.05, 4.69) is 15.5 Å². The van der Waals surface area contributed by atoms with Crippen LogP contribution in [0, 0.1) is 0 Å². The minimum Gasteiger partial charge on any atom is -0.486 e. The van der Waals surface area contributed by atoms with Crippen LogP contribution in [0.1, 0.15) is 47.3 Å². The van der Waals surface area contributed by atoms with E-state index in [1.54, 1.807) is 11.0 Å². The van der Waals surface area contributed by atoms with Gasteiger partial charge in [-0.1, -0.05) is 65.9 Å². The van der Waals surface area contributed by atoms with Crippen molar-refractivity contribution >= 4 is 28.5 Å². The van der Waals surface area contributed by atoms with Gasteiger partial charge in [-0.05, 0) is 62.1 Å². The van der Waals surface area contributed by atoms with Crippen LogP contribution in [0.25, 0.3) is 11.1 Å². The van der Waals surface area contributed by atoms with Gasteiger partial charge < -0.3 is 14.4 Å². The SMILES string of the molecule is CC(C)(C)OC(=O)N1CCc2cc(C(=O)Nc3nnc(COc4ccccc4-c4ccccc4)s3)ccc2C1. The van der Waals surface area contributed by atoms with Crippen molar-refractivity contribution in [3.8, 4) is 16.9 Å². The molecule has 0 aliphatic carbocycles. The molecule has 0 saturated carbocycles. The summed E-state index contributed by atoms with van der Waals surface area (Å²) in [5.41, 5.74) is 4.12. The van der Waals surface area contributed by atoms with Crippen LogP contribution in [0.2, 0.25) is 0 Å². The number of nitrogens with one attached hydrogen (secondary N) is 1. The molecule has 200 valence electrons. The van der Waals surface area contributed by atoms with Gasteiger partial charge in [0.05, 0.1) is 0 Å². The minimum absolute atomic E-state index is 0.240. The van der Waals surface area contributed by atoms with Crippen molar-refractivity contribution in [2.24, 2.45) is 0 Å². The van der Waals surface area contributed by atoms with Crippen molar-refractivity contribution in [1.82, 2.24) is 15.1 Å². The molecule has 1 N–H and O–H groups in total. The van der Waals surface area contributed by atoms with Crippen LogP contribution in [0.5, 0.6) is 5.75 Å². The third kappa shape index (κ3) is 6.61. The number of hydrogen-bond acceptors (Lipinski definition) is 7. The van der Waals surface area contributed by atoms with Crippen molar-refractivity contribution < 1.29 is 19.1 Å². The molecule has 0 saturated heterocycles. The third-order valence-corrected chi connectivity index (χ3v) is 6.95. The monoisotopic (exact) mass is 542 g/mol. The molecule has 0 radical (unpaired) electrons. The second-order valence-electron chi connectivity index (χ2n) is 10.2. The standard InChI is InChI=1S/C30H30N4O4S/c1-30(2,3)38-29(36)34-16-15-21-17-22(13-14-23(21)18-34)27(35)31-28-33-32-26(39-28)19-37-25-12-8-7-11-24(25)20-9-5-4-6-10-20/h4-14,17H,15-16,18-19H2,1-3H3,(H,31,33,35). The van der Waals surface area contributed by atoms with Crippen LogP contribution in [0.15, 0.2) is 72.8 Å². The van der Waals surface area contributed by atoms with Gasteiger partial charge in [-0.2, -0.15) is 0 Å². The summed E-state index contributed by atoms with van der Waals surface area (Å²) in [5, 5.41) is 12.2. The lowest BCUT2D eigenvalue weighted by molar-refractivity contribution is 0.0224. The summed E-state index contributed by atoms with van der Waals surface area (Å²) >= 11 is 1.28. The molecular formula is C30H30N4O4S. The summed E-state index contributed by atoms with van der Waals surface area (Å²) in [6, 6.07) is 23.4. The van der Waals surface area contributed by atoms with E-state index in [1.165, 1.54) is 11.3 Å². The molecule has 39 heavy (non-hydrogen) atoms. The molecule has 5 rings (SSSR count). The zero-order chi connectivity index (χ0) is 27.4. The normalized spacial score (nSPS) is 12.9. The van der Waals surface area contributed by atoms with E-state index in [0.717, 1.165) is 28.0 Å². The Morgan fingerprint density at radius 1 is 0.974 bits per heavy atom. The molecular weight excluding hydrogens is 512 g/mol. The lowest BCUT2D eigenvalue weighted by Crippen LogP contribution is -2.39. The highest BCUT2D eigenvalue weighted by molar-refractivity contribution is 7.15. The first-order chi connectivity index (χ1) is 18.7. The minimum atomic E-state index is -0.539. The maximum atomic E-state index is 12.9. The van der Waals surface area contributed by atoms with Crippen molar-refractivity contribution in [3.63, 3.8) is 0 Å². The van der Waals surface area contributed by atoms with E-state index in [-0.39, 0.29) is 18.6 Å². The second-order valence-corrected chi connectivity index (χ2v) is 11.3. The van der Waals surface area contributed by atoms with Crippen LogP contribution >= 0.6 is 11.3 Å². The van der Waals surface area contributed by atoms with Crippen LogP contribution in [-0.2, 0) is 24.3 Å². The van der Waals surface area contributed by atoms with Crippen LogP contribution in [-0.4, -0.2) is 39.2 Å². The van der Waals surface area contributed by atoms with E-state index in [1.807, 2.05) is 87.5 Å². The quantitative estimate of drug-likeness (QED) is 0.306. The maximum Gasteiger partial charge on any atom is 0.410 e. The summed E-state index contributed by atoms with van der Waals surface area (Å²) in [6.45, 7) is 6.80. The van der Waals surface area contributed by atoms with Crippen LogP contribution in [0.3, 0.4) is 0 Å². The van der Waals surface area contributed by atoms with Crippen molar-refractivity contribution in [2.75, 3.05) is 11.9 Å². The number of fused-ring (bicyclic) bond motifs is 1. The Kier molecular flexibility index (Phi) is 7.60. The van der Waals surface area contributed by atoms with Gasteiger partial charge in [0.25, 0.3) is 5.91 Å².